The van der Waals surface area contributed by atoms with Crippen LogP contribution < -0.4 is 10.5 Å². The zero-order chi connectivity index (χ0) is 13.1. The van der Waals surface area contributed by atoms with Gasteiger partial charge in [-0.1, -0.05) is 26.0 Å². The van der Waals surface area contributed by atoms with Crippen LogP contribution in [0.25, 0.3) is 11.4 Å². The van der Waals surface area contributed by atoms with Gasteiger partial charge in [-0.15, -0.1) is 0 Å². The van der Waals surface area contributed by atoms with Crippen molar-refractivity contribution in [2.45, 2.75) is 26.3 Å². The Morgan fingerprint density at radius 3 is 2.72 bits per heavy atom. The molecule has 0 saturated heterocycles. The Kier molecular flexibility index (Phi) is 3.67. The SMILES string of the molecule is COc1cccc(-c2nc(C(C)C)c(CN)[nH]2)c1. The van der Waals surface area contributed by atoms with Gasteiger partial charge in [0.2, 0.25) is 0 Å². The first-order valence-electron chi connectivity index (χ1n) is 6.09. The minimum atomic E-state index is 0.360. The number of nitrogens with zero attached hydrogens (tertiary/aromatic N) is 1. The quantitative estimate of drug-likeness (QED) is 0.870. The van der Waals surface area contributed by atoms with Crippen molar-refractivity contribution in [1.29, 1.82) is 0 Å². The highest BCUT2D eigenvalue weighted by atomic mass is 16.5. The van der Waals surface area contributed by atoms with E-state index in [9.17, 15) is 0 Å². The molecule has 3 N–H and O–H groups in total. The van der Waals surface area contributed by atoms with E-state index in [-0.39, 0.29) is 0 Å². The number of hydrogen-bond acceptors (Lipinski definition) is 3. The summed E-state index contributed by atoms with van der Waals surface area (Å²) in [6.45, 7) is 4.71. The number of nitrogens with two attached hydrogens (primary N) is 1. The first kappa shape index (κ1) is 12.6. The molecule has 2 rings (SSSR count). The smallest absolute Gasteiger partial charge is 0.138 e. The zero-order valence-corrected chi connectivity index (χ0v) is 11.0. The third kappa shape index (κ3) is 2.38. The van der Waals surface area contributed by atoms with E-state index < -0.39 is 0 Å². The lowest BCUT2D eigenvalue weighted by Crippen LogP contribution is -2.02. The van der Waals surface area contributed by atoms with Gasteiger partial charge >= 0.3 is 0 Å². The average Bonchev–Trinajstić information content (AvgIpc) is 2.83. The summed E-state index contributed by atoms with van der Waals surface area (Å²) < 4.78 is 5.22. The molecule has 0 bridgehead atoms. The van der Waals surface area contributed by atoms with E-state index in [1.54, 1.807) is 7.11 Å². The first-order valence-corrected chi connectivity index (χ1v) is 6.09. The Morgan fingerprint density at radius 1 is 1.39 bits per heavy atom. The highest BCUT2D eigenvalue weighted by Crippen LogP contribution is 2.25. The lowest BCUT2D eigenvalue weighted by atomic mass is 10.1. The summed E-state index contributed by atoms with van der Waals surface area (Å²) in [7, 11) is 1.66. The third-order valence-electron chi connectivity index (χ3n) is 2.90. The van der Waals surface area contributed by atoms with Gasteiger partial charge in [-0.25, -0.2) is 4.98 Å². The molecule has 0 amide bonds. The summed E-state index contributed by atoms with van der Waals surface area (Å²) in [6.07, 6.45) is 0. The summed E-state index contributed by atoms with van der Waals surface area (Å²) >= 11 is 0. The zero-order valence-electron chi connectivity index (χ0n) is 11.0. The van der Waals surface area contributed by atoms with Gasteiger partial charge < -0.3 is 15.5 Å². The van der Waals surface area contributed by atoms with E-state index in [0.29, 0.717) is 12.5 Å². The van der Waals surface area contributed by atoms with Crippen LogP contribution in [0.4, 0.5) is 0 Å². The minimum Gasteiger partial charge on any atom is -0.497 e. The summed E-state index contributed by atoms with van der Waals surface area (Å²) in [5, 5.41) is 0. The molecule has 4 heteroatoms. The lowest BCUT2D eigenvalue weighted by Gasteiger charge is -2.02. The number of aromatic amines is 1. The van der Waals surface area contributed by atoms with Gasteiger partial charge in [0.15, 0.2) is 0 Å². The molecule has 0 unspecified atom stereocenters. The van der Waals surface area contributed by atoms with Gasteiger partial charge in [-0.3, -0.25) is 0 Å². The van der Waals surface area contributed by atoms with Crippen molar-refractivity contribution in [3.8, 4) is 17.1 Å². The Morgan fingerprint density at radius 2 is 2.17 bits per heavy atom. The van der Waals surface area contributed by atoms with E-state index >= 15 is 0 Å². The molecule has 18 heavy (non-hydrogen) atoms. The standard InChI is InChI=1S/C14H19N3O/c1-9(2)13-12(8-15)16-14(17-13)10-5-4-6-11(7-10)18-3/h4-7,9H,8,15H2,1-3H3,(H,16,17). The van der Waals surface area contributed by atoms with E-state index in [1.165, 1.54) is 0 Å². The lowest BCUT2D eigenvalue weighted by molar-refractivity contribution is 0.415. The summed E-state index contributed by atoms with van der Waals surface area (Å²) in [5.41, 5.74) is 8.79. The second-order valence-corrected chi connectivity index (χ2v) is 4.54. The number of aromatic nitrogens is 2. The number of H-pyrrole nitrogens is 1. The normalized spacial score (nSPS) is 10.9. The molecule has 4 nitrogen and oxygen atoms in total. The number of imidazole rings is 1. The maximum atomic E-state index is 5.74. The van der Waals surface area contributed by atoms with Crippen LogP contribution in [0.5, 0.6) is 5.75 Å². The molecule has 1 aromatic carbocycles. The Bertz CT molecular complexity index is 532. The molecule has 0 aliphatic carbocycles. The number of rotatable bonds is 4. The van der Waals surface area contributed by atoms with Crippen LogP contribution in [-0.4, -0.2) is 17.1 Å². The number of methoxy groups -OCH3 is 1. The fourth-order valence-electron chi connectivity index (χ4n) is 1.96. The predicted octanol–water partition coefficient (Wildman–Crippen LogP) is 2.67. The molecule has 0 atom stereocenters. The molecular weight excluding hydrogens is 226 g/mol. The van der Waals surface area contributed by atoms with E-state index in [4.69, 9.17) is 10.5 Å². The van der Waals surface area contributed by atoms with Crippen molar-refractivity contribution < 1.29 is 4.74 Å². The Balaban J connectivity index is 2.44. The molecule has 96 valence electrons. The van der Waals surface area contributed by atoms with Crippen LogP contribution >= 0.6 is 0 Å². The van der Waals surface area contributed by atoms with Gasteiger partial charge in [-0.05, 0) is 18.1 Å². The monoisotopic (exact) mass is 245 g/mol. The maximum Gasteiger partial charge on any atom is 0.138 e. The number of hydrogen-bond donors (Lipinski definition) is 2. The fraction of sp³-hybridized carbons (Fsp3) is 0.357. The second-order valence-electron chi connectivity index (χ2n) is 4.54. The molecule has 2 aromatic rings. The summed E-state index contributed by atoms with van der Waals surface area (Å²) in [4.78, 5) is 7.92. The van der Waals surface area contributed by atoms with Crippen LogP contribution in [0.2, 0.25) is 0 Å². The van der Waals surface area contributed by atoms with Crippen LogP contribution in [0, 0.1) is 0 Å². The van der Waals surface area contributed by atoms with Crippen molar-refractivity contribution in [3.63, 3.8) is 0 Å². The molecule has 0 saturated carbocycles. The van der Waals surface area contributed by atoms with Crippen molar-refractivity contribution in [2.75, 3.05) is 7.11 Å². The molecule has 0 fully saturated rings. The summed E-state index contributed by atoms with van der Waals surface area (Å²) in [6, 6.07) is 7.84. The number of nitrogens with one attached hydrogen (secondary N) is 1. The first-order chi connectivity index (χ1) is 8.65. The van der Waals surface area contributed by atoms with E-state index in [2.05, 4.69) is 23.8 Å². The highest BCUT2D eigenvalue weighted by molar-refractivity contribution is 5.58. The van der Waals surface area contributed by atoms with Crippen LogP contribution in [0.1, 0.15) is 31.2 Å². The maximum absolute atomic E-state index is 5.74. The van der Waals surface area contributed by atoms with Crippen molar-refractivity contribution in [3.05, 3.63) is 35.7 Å². The van der Waals surface area contributed by atoms with Crippen LogP contribution in [-0.2, 0) is 6.54 Å². The fourth-order valence-corrected chi connectivity index (χ4v) is 1.96. The Hall–Kier alpha value is -1.81. The van der Waals surface area contributed by atoms with Gasteiger partial charge in [0.1, 0.15) is 11.6 Å². The van der Waals surface area contributed by atoms with E-state index in [0.717, 1.165) is 28.5 Å². The Labute approximate surface area is 107 Å². The third-order valence-corrected chi connectivity index (χ3v) is 2.90. The van der Waals surface area contributed by atoms with Gasteiger partial charge in [-0.2, -0.15) is 0 Å². The van der Waals surface area contributed by atoms with Crippen LogP contribution in [0.3, 0.4) is 0 Å². The average molecular weight is 245 g/mol. The summed E-state index contributed by atoms with van der Waals surface area (Å²) in [5.74, 6) is 2.03. The number of benzene rings is 1. The van der Waals surface area contributed by atoms with Gasteiger partial charge in [0.25, 0.3) is 0 Å². The van der Waals surface area contributed by atoms with Gasteiger partial charge in [0, 0.05) is 12.1 Å². The molecule has 1 aromatic heterocycles. The highest BCUT2D eigenvalue weighted by Gasteiger charge is 2.13. The largest absolute Gasteiger partial charge is 0.497 e. The second kappa shape index (κ2) is 5.23. The minimum absolute atomic E-state index is 0.360. The molecular formula is C14H19N3O. The van der Waals surface area contributed by atoms with Crippen LogP contribution in [0.15, 0.2) is 24.3 Å². The van der Waals surface area contributed by atoms with E-state index in [1.807, 2.05) is 24.3 Å². The molecule has 0 aliphatic rings. The van der Waals surface area contributed by atoms with Gasteiger partial charge in [0.05, 0.1) is 18.5 Å². The molecule has 1 heterocycles. The molecule has 0 spiro atoms. The molecule has 0 aliphatic heterocycles. The molecule has 0 radical (unpaired) electrons. The van der Waals surface area contributed by atoms with Crippen molar-refractivity contribution in [1.82, 2.24) is 9.97 Å². The predicted molar refractivity (Wildman–Crippen MR) is 72.6 cm³/mol. The van der Waals surface area contributed by atoms with Crippen molar-refractivity contribution in [2.24, 2.45) is 5.73 Å². The number of ether oxygens (including phenoxy) is 1. The topological polar surface area (TPSA) is 63.9 Å². The van der Waals surface area contributed by atoms with Crippen molar-refractivity contribution >= 4 is 0 Å².